The number of hydrogen-bond acceptors (Lipinski definition) is 2. The Hall–Kier alpha value is -2.69. The lowest BCUT2D eigenvalue weighted by molar-refractivity contribution is 0.101. The predicted molar refractivity (Wildman–Crippen MR) is 75.5 cm³/mol. The topological polar surface area (TPSA) is 58.2 Å². The van der Waals surface area contributed by atoms with Crippen molar-refractivity contribution >= 4 is 23.2 Å². The van der Waals surface area contributed by atoms with Crippen LogP contribution in [0.4, 0.5) is 20.6 Å². The van der Waals surface area contributed by atoms with Gasteiger partial charge in [-0.1, -0.05) is 18.2 Å². The van der Waals surface area contributed by atoms with Crippen molar-refractivity contribution in [2.75, 3.05) is 10.6 Å². The average Bonchev–Trinajstić information content (AvgIpc) is 2.38. The van der Waals surface area contributed by atoms with Gasteiger partial charge in [0.25, 0.3) is 0 Å². The van der Waals surface area contributed by atoms with E-state index in [1.165, 1.54) is 25.1 Å². The predicted octanol–water partition coefficient (Wildman–Crippen LogP) is 3.67. The zero-order chi connectivity index (χ0) is 14.5. The van der Waals surface area contributed by atoms with Gasteiger partial charge in [-0.05, 0) is 37.3 Å². The van der Waals surface area contributed by atoms with Crippen LogP contribution in [0.15, 0.2) is 48.5 Å². The first-order valence-corrected chi connectivity index (χ1v) is 6.00. The molecule has 102 valence electrons. The Kier molecular flexibility index (Phi) is 4.10. The van der Waals surface area contributed by atoms with Crippen molar-refractivity contribution in [1.82, 2.24) is 0 Å². The number of benzene rings is 2. The van der Waals surface area contributed by atoms with Gasteiger partial charge in [-0.3, -0.25) is 4.79 Å². The Bertz CT molecular complexity index is 656. The minimum atomic E-state index is -0.538. The summed E-state index contributed by atoms with van der Waals surface area (Å²) in [4.78, 5) is 23.2. The fourth-order valence-electron chi connectivity index (χ4n) is 1.75. The summed E-state index contributed by atoms with van der Waals surface area (Å²) in [6.45, 7) is 1.42. The molecule has 0 aliphatic heterocycles. The summed E-state index contributed by atoms with van der Waals surface area (Å²) in [5.74, 6) is -0.585. The van der Waals surface area contributed by atoms with Crippen LogP contribution in [-0.4, -0.2) is 11.8 Å². The third-order valence-electron chi connectivity index (χ3n) is 2.64. The first-order valence-electron chi connectivity index (χ1n) is 6.00. The number of para-hydroxylation sites is 1. The van der Waals surface area contributed by atoms with Crippen LogP contribution < -0.4 is 10.6 Å². The molecule has 0 unspecified atom stereocenters. The molecule has 0 fully saturated rings. The lowest BCUT2D eigenvalue weighted by atomic mass is 10.1. The highest BCUT2D eigenvalue weighted by atomic mass is 19.1. The monoisotopic (exact) mass is 272 g/mol. The number of rotatable bonds is 3. The molecule has 2 rings (SSSR count). The number of carbonyl (C=O) groups is 2. The van der Waals surface area contributed by atoms with Gasteiger partial charge >= 0.3 is 6.03 Å². The summed E-state index contributed by atoms with van der Waals surface area (Å²) in [5, 5.41) is 5.06. The van der Waals surface area contributed by atoms with E-state index in [2.05, 4.69) is 10.6 Å². The third kappa shape index (κ3) is 3.41. The van der Waals surface area contributed by atoms with E-state index in [0.717, 1.165) is 0 Å². The van der Waals surface area contributed by atoms with Gasteiger partial charge < -0.3 is 10.6 Å². The number of anilines is 2. The molecule has 0 bridgehead atoms. The quantitative estimate of drug-likeness (QED) is 0.837. The average molecular weight is 272 g/mol. The minimum absolute atomic E-state index is 0.147. The first kappa shape index (κ1) is 13.7. The summed E-state index contributed by atoms with van der Waals surface area (Å²) in [6.07, 6.45) is 0. The molecule has 0 atom stereocenters. The van der Waals surface area contributed by atoms with Gasteiger partial charge in [-0.25, -0.2) is 9.18 Å². The van der Waals surface area contributed by atoms with Gasteiger partial charge in [0.2, 0.25) is 0 Å². The molecule has 2 amide bonds. The lowest BCUT2D eigenvalue weighted by Gasteiger charge is -2.10. The smallest absolute Gasteiger partial charge is 0.308 e. The summed E-state index contributed by atoms with van der Waals surface area (Å²) >= 11 is 0. The number of ketones is 1. The van der Waals surface area contributed by atoms with E-state index in [1.807, 2.05) is 0 Å². The summed E-state index contributed by atoms with van der Waals surface area (Å²) in [7, 11) is 0. The highest BCUT2D eigenvalue weighted by molar-refractivity contribution is 6.06. The van der Waals surface area contributed by atoms with Crippen LogP contribution in [0.3, 0.4) is 0 Å². The van der Waals surface area contributed by atoms with Crippen LogP contribution in [0.2, 0.25) is 0 Å². The molecule has 5 heteroatoms. The SMILES string of the molecule is CC(=O)c1ccccc1NC(=O)Nc1cccc(F)c1. The second-order valence-electron chi connectivity index (χ2n) is 4.19. The molecule has 0 aliphatic rings. The van der Waals surface area contributed by atoms with Gasteiger partial charge in [0, 0.05) is 11.3 Å². The molecule has 2 N–H and O–H groups in total. The number of carbonyl (C=O) groups excluding carboxylic acids is 2. The fourth-order valence-corrected chi connectivity index (χ4v) is 1.75. The van der Waals surface area contributed by atoms with E-state index >= 15 is 0 Å². The molecule has 0 heterocycles. The van der Waals surface area contributed by atoms with Gasteiger partial charge in [-0.2, -0.15) is 0 Å². The molecular formula is C15H13FN2O2. The van der Waals surface area contributed by atoms with Crippen LogP contribution in [0.25, 0.3) is 0 Å². The molecule has 2 aromatic carbocycles. The number of nitrogens with one attached hydrogen (secondary N) is 2. The highest BCUT2D eigenvalue weighted by Gasteiger charge is 2.09. The number of halogens is 1. The maximum atomic E-state index is 13.0. The van der Waals surface area contributed by atoms with Crippen LogP contribution in [-0.2, 0) is 0 Å². The van der Waals surface area contributed by atoms with Crippen molar-refractivity contribution in [3.8, 4) is 0 Å². The Morgan fingerprint density at radius 1 is 1.00 bits per heavy atom. The van der Waals surface area contributed by atoms with Crippen molar-refractivity contribution < 1.29 is 14.0 Å². The second-order valence-corrected chi connectivity index (χ2v) is 4.19. The molecule has 0 radical (unpaired) electrons. The molecule has 0 aromatic heterocycles. The number of Topliss-reactive ketones (excluding diaryl/α,β-unsaturated/α-hetero) is 1. The van der Waals surface area contributed by atoms with E-state index < -0.39 is 11.8 Å². The van der Waals surface area contributed by atoms with Crippen LogP contribution in [0.1, 0.15) is 17.3 Å². The lowest BCUT2D eigenvalue weighted by Crippen LogP contribution is -2.20. The number of urea groups is 1. The van der Waals surface area contributed by atoms with Gasteiger partial charge in [0.15, 0.2) is 5.78 Å². The maximum absolute atomic E-state index is 13.0. The summed E-state index contributed by atoms with van der Waals surface area (Å²) < 4.78 is 13.0. The molecule has 0 spiro atoms. The molecular weight excluding hydrogens is 259 g/mol. The van der Waals surface area contributed by atoms with Gasteiger partial charge in [-0.15, -0.1) is 0 Å². The molecule has 0 saturated heterocycles. The van der Waals surface area contributed by atoms with Gasteiger partial charge in [0.05, 0.1) is 5.69 Å². The summed E-state index contributed by atoms with van der Waals surface area (Å²) in [5.41, 5.74) is 1.17. The van der Waals surface area contributed by atoms with E-state index in [9.17, 15) is 14.0 Å². The fraction of sp³-hybridized carbons (Fsp3) is 0.0667. The van der Waals surface area contributed by atoms with E-state index in [0.29, 0.717) is 16.9 Å². The molecule has 2 aromatic rings. The molecule has 0 aliphatic carbocycles. The van der Waals surface area contributed by atoms with Crippen LogP contribution in [0.5, 0.6) is 0 Å². The van der Waals surface area contributed by atoms with Crippen molar-refractivity contribution in [3.05, 3.63) is 59.9 Å². The standard InChI is InChI=1S/C15H13FN2O2/c1-10(19)13-7-2-3-8-14(13)18-15(20)17-12-6-4-5-11(16)9-12/h2-9H,1H3,(H2,17,18,20). The molecule has 4 nitrogen and oxygen atoms in total. The van der Waals surface area contributed by atoms with Crippen LogP contribution in [0, 0.1) is 5.82 Å². The van der Waals surface area contributed by atoms with Crippen LogP contribution >= 0.6 is 0 Å². The zero-order valence-electron chi connectivity index (χ0n) is 10.8. The van der Waals surface area contributed by atoms with Crippen molar-refractivity contribution in [2.45, 2.75) is 6.92 Å². The first-order chi connectivity index (χ1) is 9.56. The largest absolute Gasteiger partial charge is 0.323 e. The highest BCUT2D eigenvalue weighted by Crippen LogP contribution is 2.16. The number of amides is 2. The van der Waals surface area contributed by atoms with E-state index in [1.54, 1.807) is 30.3 Å². The van der Waals surface area contributed by atoms with E-state index in [-0.39, 0.29) is 5.78 Å². The number of hydrogen-bond donors (Lipinski definition) is 2. The molecule has 20 heavy (non-hydrogen) atoms. The van der Waals surface area contributed by atoms with Crippen molar-refractivity contribution in [2.24, 2.45) is 0 Å². The Labute approximate surface area is 115 Å². The van der Waals surface area contributed by atoms with Crippen molar-refractivity contribution in [1.29, 1.82) is 0 Å². The Morgan fingerprint density at radius 3 is 2.45 bits per heavy atom. The van der Waals surface area contributed by atoms with Gasteiger partial charge in [0.1, 0.15) is 5.82 Å². The normalized spacial score (nSPS) is 9.90. The maximum Gasteiger partial charge on any atom is 0.323 e. The van der Waals surface area contributed by atoms with E-state index in [4.69, 9.17) is 0 Å². The third-order valence-corrected chi connectivity index (χ3v) is 2.64. The summed E-state index contributed by atoms with van der Waals surface area (Å²) in [6, 6.07) is 11.7. The minimum Gasteiger partial charge on any atom is -0.308 e. The zero-order valence-corrected chi connectivity index (χ0v) is 10.8. The molecule has 0 saturated carbocycles. The van der Waals surface area contributed by atoms with Crippen molar-refractivity contribution in [3.63, 3.8) is 0 Å². The second kappa shape index (κ2) is 5.97. The Morgan fingerprint density at radius 2 is 1.75 bits per heavy atom. The Balaban J connectivity index is 2.11.